The second kappa shape index (κ2) is 7.04. The van der Waals surface area contributed by atoms with Crippen LogP contribution >= 0.6 is 0 Å². The maximum absolute atomic E-state index is 5.88. The molecule has 0 saturated carbocycles. The highest BCUT2D eigenvalue weighted by Gasteiger charge is 2.46. The first-order chi connectivity index (χ1) is 9.71. The van der Waals surface area contributed by atoms with Crippen molar-refractivity contribution in [3.63, 3.8) is 0 Å². The van der Waals surface area contributed by atoms with Crippen LogP contribution < -0.4 is 4.74 Å². The fourth-order valence-corrected chi connectivity index (χ4v) is 2.54. The molecule has 1 aromatic rings. The minimum absolute atomic E-state index is 0.148. The average molecular weight is 282 g/mol. The van der Waals surface area contributed by atoms with Gasteiger partial charge in [-0.1, -0.05) is 18.2 Å². The highest BCUT2D eigenvalue weighted by Crippen LogP contribution is 2.28. The van der Waals surface area contributed by atoms with Gasteiger partial charge in [-0.3, -0.25) is 0 Å². The van der Waals surface area contributed by atoms with Crippen LogP contribution in [0.4, 0.5) is 0 Å². The van der Waals surface area contributed by atoms with Gasteiger partial charge in [0.15, 0.2) is 0 Å². The lowest BCUT2D eigenvalue weighted by Gasteiger charge is -2.43. The first kappa shape index (κ1) is 15.3. The molecular formula is C15H22O5. The molecule has 0 N–H and O–H groups in total. The molecule has 2 rings (SSSR count). The minimum Gasteiger partial charge on any atom is -0.462 e. The first-order valence-corrected chi connectivity index (χ1v) is 6.66. The molecule has 0 radical (unpaired) electrons. The monoisotopic (exact) mass is 282 g/mol. The quantitative estimate of drug-likeness (QED) is 0.825. The minimum atomic E-state index is -0.534. The zero-order chi connectivity index (χ0) is 14.5. The highest BCUT2D eigenvalue weighted by molar-refractivity contribution is 5.21. The summed E-state index contributed by atoms with van der Waals surface area (Å²) in [6.07, 6.45) is -1.48. The topological polar surface area (TPSA) is 46.2 Å². The van der Waals surface area contributed by atoms with Gasteiger partial charge in [0.2, 0.25) is 6.29 Å². The Balaban J connectivity index is 2.15. The molecule has 0 amide bonds. The standard InChI is InChI=1S/C15H22O5/c1-10-12(16-2)13(17-3)14(18-4)15(19-10)20-11-8-6-5-7-9-11/h5-10,12-15H,1-4H3/t10-,12-,13+,14+,15+/m0/s1. The fourth-order valence-electron chi connectivity index (χ4n) is 2.54. The summed E-state index contributed by atoms with van der Waals surface area (Å²) in [6, 6.07) is 9.52. The number of hydrogen-bond acceptors (Lipinski definition) is 5. The zero-order valence-corrected chi connectivity index (χ0v) is 12.3. The van der Waals surface area contributed by atoms with Gasteiger partial charge in [0.1, 0.15) is 24.1 Å². The van der Waals surface area contributed by atoms with E-state index in [-0.39, 0.29) is 24.4 Å². The molecule has 20 heavy (non-hydrogen) atoms. The van der Waals surface area contributed by atoms with Crippen LogP contribution in [0.1, 0.15) is 6.92 Å². The summed E-state index contributed by atoms with van der Waals surface area (Å²) in [5.41, 5.74) is 0. The number of ether oxygens (including phenoxy) is 5. The largest absolute Gasteiger partial charge is 0.462 e. The first-order valence-electron chi connectivity index (χ1n) is 6.66. The molecule has 1 aromatic carbocycles. The van der Waals surface area contributed by atoms with Gasteiger partial charge in [0.05, 0.1) is 6.10 Å². The van der Waals surface area contributed by atoms with Crippen LogP contribution in [0.3, 0.4) is 0 Å². The van der Waals surface area contributed by atoms with Crippen molar-refractivity contribution in [1.29, 1.82) is 0 Å². The van der Waals surface area contributed by atoms with Gasteiger partial charge >= 0.3 is 0 Å². The van der Waals surface area contributed by atoms with Crippen molar-refractivity contribution in [1.82, 2.24) is 0 Å². The van der Waals surface area contributed by atoms with Crippen LogP contribution in [0.15, 0.2) is 30.3 Å². The number of benzene rings is 1. The van der Waals surface area contributed by atoms with E-state index in [1.807, 2.05) is 37.3 Å². The van der Waals surface area contributed by atoms with Crippen LogP contribution in [-0.4, -0.2) is 52.0 Å². The van der Waals surface area contributed by atoms with Crippen LogP contribution in [0, 0.1) is 0 Å². The lowest BCUT2D eigenvalue weighted by molar-refractivity contribution is -0.282. The average Bonchev–Trinajstić information content (AvgIpc) is 2.47. The number of rotatable bonds is 5. The van der Waals surface area contributed by atoms with Crippen molar-refractivity contribution in [2.45, 2.75) is 37.6 Å². The molecule has 5 atom stereocenters. The Morgan fingerprint density at radius 1 is 0.850 bits per heavy atom. The maximum atomic E-state index is 5.88. The highest BCUT2D eigenvalue weighted by atomic mass is 16.7. The molecule has 1 fully saturated rings. The lowest BCUT2D eigenvalue weighted by Crippen LogP contribution is -2.60. The molecule has 1 aliphatic heterocycles. The van der Waals surface area contributed by atoms with Crippen LogP contribution in [0.25, 0.3) is 0 Å². The Morgan fingerprint density at radius 2 is 1.45 bits per heavy atom. The van der Waals surface area contributed by atoms with Crippen molar-refractivity contribution in [2.75, 3.05) is 21.3 Å². The summed E-state index contributed by atoms with van der Waals surface area (Å²) < 4.78 is 28.2. The molecule has 0 aromatic heterocycles. The van der Waals surface area contributed by atoms with Gasteiger partial charge in [-0.2, -0.15) is 0 Å². The SMILES string of the molecule is CO[C@@H]1[C@@H](OC)[C@H](C)O[C@H](Oc2ccccc2)[C@@H]1OC. The molecule has 0 unspecified atom stereocenters. The van der Waals surface area contributed by atoms with E-state index in [0.717, 1.165) is 5.75 Å². The molecule has 5 nitrogen and oxygen atoms in total. The third-order valence-corrected chi connectivity index (χ3v) is 3.54. The van der Waals surface area contributed by atoms with Crippen molar-refractivity contribution in [3.8, 4) is 5.75 Å². The van der Waals surface area contributed by atoms with Crippen molar-refractivity contribution >= 4 is 0 Å². The third-order valence-electron chi connectivity index (χ3n) is 3.54. The van der Waals surface area contributed by atoms with E-state index in [0.29, 0.717) is 0 Å². The summed E-state index contributed by atoms with van der Waals surface area (Å²) in [5.74, 6) is 0.734. The van der Waals surface area contributed by atoms with E-state index in [2.05, 4.69) is 0 Å². The summed E-state index contributed by atoms with van der Waals surface area (Å²) in [5, 5.41) is 0. The van der Waals surface area contributed by atoms with E-state index >= 15 is 0 Å². The molecular weight excluding hydrogens is 260 g/mol. The molecule has 112 valence electrons. The Kier molecular flexibility index (Phi) is 5.37. The molecule has 1 aliphatic rings. The summed E-state index contributed by atoms with van der Waals surface area (Å²) in [6.45, 7) is 1.94. The smallest absolute Gasteiger partial charge is 0.229 e. The summed E-state index contributed by atoms with van der Waals surface area (Å²) >= 11 is 0. The van der Waals surface area contributed by atoms with E-state index in [1.54, 1.807) is 21.3 Å². The number of hydrogen-bond donors (Lipinski definition) is 0. The molecule has 0 bridgehead atoms. The van der Waals surface area contributed by atoms with Crippen LogP contribution in [0.2, 0.25) is 0 Å². The predicted octanol–water partition coefficient (Wildman–Crippen LogP) is 1.86. The Hall–Kier alpha value is -1.14. The fraction of sp³-hybridized carbons (Fsp3) is 0.600. The summed E-state index contributed by atoms with van der Waals surface area (Å²) in [4.78, 5) is 0. The lowest BCUT2D eigenvalue weighted by atomic mass is 9.99. The van der Waals surface area contributed by atoms with Gasteiger partial charge in [-0.15, -0.1) is 0 Å². The van der Waals surface area contributed by atoms with E-state index in [4.69, 9.17) is 23.7 Å². The predicted molar refractivity (Wildman–Crippen MR) is 73.8 cm³/mol. The second-order valence-electron chi connectivity index (χ2n) is 4.74. The Labute approximate surface area is 119 Å². The van der Waals surface area contributed by atoms with Gasteiger partial charge in [-0.05, 0) is 19.1 Å². The molecule has 0 spiro atoms. The zero-order valence-electron chi connectivity index (χ0n) is 12.3. The van der Waals surface area contributed by atoms with Gasteiger partial charge in [0, 0.05) is 21.3 Å². The van der Waals surface area contributed by atoms with Crippen molar-refractivity contribution < 1.29 is 23.7 Å². The molecule has 0 aliphatic carbocycles. The van der Waals surface area contributed by atoms with Gasteiger partial charge < -0.3 is 23.7 Å². The van der Waals surface area contributed by atoms with Crippen LogP contribution in [0.5, 0.6) is 5.75 Å². The van der Waals surface area contributed by atoms with Crippen molar-refractivity contribution in [3.05, 3.63) is 30.3 Å². The number of methoxy groups -OCH3 is 3. The van der Waals surface area contributed by atoms with Crippen molar-refractivity contribution in [2.24, 2.45) is 0 Å². The normalized spacial score (nSPS) is 33.9. The van der Waals surface area contributed by atoms with E-state index in [1.165, 1.54) is 0 Å². The van der Waals surface area contributed by atoms with Gasteiger partial charge in [0.25, 0.3) is 0 Å². The maximum Gasteiger partial charge on any atom is 0.229 e. The Bertz CT molecular complexity index is 397. The Morgan fingerprint density at radius 3 is 2.00 bits per heavy atom. The molecule has 5 heteroatoms. The number of para-hydroxylation sites is 1. The molecule has 1 heterocycles. The third kappa shape index (κ3) is 3.12. The second-order valence-corrected chi connectivity index (χ2v) is 4.74. The van der Waals surface area contributed by atoms with Gasteiger partial charge in [-0.25, -0.2) is 0 Å². The van der Waals surface area contributed by atoms with E-state index < -0.39 is 6.29 Å². The van der Waals surface area contributed by atoms with E-state index in [9.17, 15) is 0 Å². The van der Waals surface area contributed by atoms with Crippen LogP contribution in [-0.2, 0) is 18.9 Å². The summed E-state index contributed by atoms with van der Waals surface area (Å²) in [7, 11) is 4.89. The molecule has 1 saturated heterocycles.